The van der Waals surface area contributed by atoms with Crippen LogP contribution in [0, 0.1) is 5.82 Å². The van der Waals surface area contributed by atoms with Crippen molar-refractivity contribution >= 4 is 61.6 Å². The van der Waals surface area contributed by atoms with Crippen LogP contribution in [0.2, 0.25) is 0 Å². The van der Waals surface area contributed by atoms with Gasteiger partial charge in [-0.2, -0.15) is 0 Å². The minimum absolute atomic E-state index is 0.0497. The molecular formula is C23H25BF2N8O10P2S. The maximum Gasteiger partial charge on any atom is 0.325 e. The van der Waals surface area contributed by atoms with Crippen molar-refractivity contribution in [2.75, 3.05) is 26.1 Å². The number of fused-ring (bicyclic) bond motifs is 4. The second-order valence-corrected chi connectivity index (χ2v) is 15.2. The van der Waals surface area contributed by atoms with E-state index in [9.17, 15) is 18.6 Å². The normalized spacial score (nSPS) is 36.6. The van der Waals surface area contributed by atoms with E-state index in [1.807, 2.05) is 0 Å². The van der Waals surface area contributed by atoms with Crippen molar-refractivity contribution in [3.63, 3.8) is 0 Å². The van der Waals surface area contributed by atoms with Gasteiger partial charge in [-0.3, -0.25) is 18.5 Å². The van der Waals surface area contributed by atoms with Crippen molar-refractivity contribution in [1.29, 1.82) is 0 Å². The molecule has 4 aromatic heterocycles. The van der Waals surface area contributed by atoms with Crippen LogP contribution in [0.3, 0.4) is 0 Å². The van der Waals surface area contributed by atoms with Crippen molar-refractivity contribution in [2.24, 2.45) is 7.05 Å². The van der Waals surface area contributed by atoms with Gasteiger partial charge in [-0.05, 0) is 11.8 Å². The number of nitrogens with zero attached hydrogens (tertiary/aromatic N) is 7. The Morgan fingerprint density at radius 3 is 2.55 bits per heavy atom. The van der Waals surface area contributed by atoms with Gasteiger partial charge in [0.1, 0.15) is 47.8 Å². The molecule has 0 aromatic carbocycles. The molecule has 18 nitrogen and oxygen atoms in total. The van der Waals surface area contributed by atoms with Crippen LogP contribution in [0.1, 0.15) is 12.5 Å². The fourth-order valence-electron chi connectivity index (χ4n) is 5.78. The van der Waals surface area contributed by atoms with Crippen molar-refractivity contribution in [3.05, 3.63) is 41.3 Å². The van der Waals surface area contributed by atoms with Gasteiger partial charge < -0.3 is 47.5 Å². The van der Waals surface area contributed by atoms with E-state index in [-0.39, 0.29) is 28.0 Å². The molecule has 47 heavy (non-hydrogen) atoms. The third-order valence-corrected chi connectivity index (χ3v) is 10.6. The second-order valence-electron chi connectivity index (χ2n) is 10.8. The molecule has 4 aromatic rings. The molecule has 3 aliphatic heterocycles. The Labute approximate surface area is 269 Å². The molecule has 7 heterocycles. The molecule has 3 aliphatic rings. The summed E-state index contributed by atoms with van der Waals surface area (Å²) in [5.74, 6) is -0.832. The zero-order valence-corrected chi connectivity index (χ0v) is 26.9. The summed E-state index contributed by atoms with van der Waals surface area (Å²) < 4.78 is 87.9. The minimum Gasteiger partial charge on any atom is -0.382 e. The second kappa shape index (κ2) is 12.0. The molecule has 24 heteroatoms. The molecule has 7 rings (SSSR count). The Balaban J connectivity index is 1.19. The molecule has 3 fully saturated rings. The number of nitrogens with two attached hydrogens (primary N) is 1. The number of rotatable bonds is 3. The molecule has 0 amide bonds. The van der Waals surface area contributed by atoms with Crippen LogP contribution in [-0.2, 0) is 55.7 Å². The maximum absolute atomic E-state index is 16.1. The summed E-state index contributed by atoms with van der Waals surface area (Å²) in [6.07, 6.45) is -6.85. The smallest absolute Gasteiger partial charge is 0.325 e. The first kappa shape index (κ1) is 32.8. The Kier molecular flexibility index (Phi) is 8.36. The maximum atomic E-state index is 16.1. The quantitative estimate of drug-likeness (QED) is 0.221. The van der Waals surface area contributed by atoms with Crippen molar-refractivity contribution in [2.45, 2.75) is 49.1 Å². The largest absolute Gasteiger partial charge is 0.382 e. The highest BCUT2D eigenvalue weighted by Gasteiger charge is 2.53. The van der Waals surface area contributed by atoms with Crippen molar-refractivity contribution in [3.8, 4) is 0 Å². The van der Waals surface area contributed by atoms with Gasteiger partial charge in [-0.15, -0.1) is 0 Å². The number of nitrogen functional groups attached to an aromatic ring is 1. The molecule has 2 radical (unpaired) electrons. The monoisotopic (exact) mass is 716 g/mol. The molecule has 0 bridgehead atoms. The average molecular weight is 716 g/mol. The van der Waals surface area contributed by atoms with E-state index < -0.39 is 87.9 Å². The number of aryl methyl sites for hydroxylation is 1. The number of aromatic nitrogens is 7. The number of ether oxygens (including phenoxy) is 3. The van der Waals surface area contributed by atoms with Gasteiger partial charge in [0, 0.05) is 20.4 Å². The van der Waals surface area contributed by atoms with Crippen LogP contribution >= 0.6 is 14.2 Å². The highest BCUT2D eigenvalue weighted by Crippen LogP contribution is 2.54. The van der Waals surface area contributed by atoms with E-state index >= 15 is 4.39 Å². The topological polar surface area (TPSA) is 211 Å². The summed E-state index contributed by atoms with van der Waals surface area (Å²) in [4.78, 5) is 39.9. The van der Waals surface area contributed by atoms with Gasteiger partial charge in [0.25, 0.3) is 13.0 Å². The first-order valence-electron chi connectivity index (χ1n) is 13.8. The average Bonchev–Trinajstić information content (AvgIpc) is 3.76. The lowest BCUT2D eigenvalue weighted by atomic mass is 10.1. The summed E-state index contributed by atoms with van der Waals surface area (Å²) in [5, 5.41) is -0.311. The highest BCUT2D eigenvalue weighted by molar-refractivity contribution is 8.07. The lowest BCUT2D eigenvalue weighted by Gasteiger charge is -2.30. The summed E-state index contributed by atoms with van der Waals surface area (Å²) in [6.45, 7) is -5.50. The zero-order valence-electron chi connectivity index (χ0n) is 24.3. The van der Waals surface area contributed by atoms with Crippen LogP contribution in [0.15, 0.2) is 30.0 Å². The van der Waals surface area contributed by atoms with Gasteiger partial charge >= 0.3 is 6.72 Å². The Hall–Kier alpha value is -2.75. The Bertz CT molecular complexity index is 2020. The van der Waals surface area contributed by atoms with E-state index in [0.717, 1.165) is 17.1 Å². The number of hydrogen-bond donors (Lipinski definition) is 2. The van der Waals surface area contributed by atoms with Crippen molar-refractivity contribution < 1.29 is 50.5 Å². The fraction of sp³-hybridized carbons (Fsp3) is 0.522. The van der Waals surface area contributed by atoms with Gasteiger partial charge in [-0.25, -0.2) is 28.7 Å². The highest BCUT2D eigenvalue weighted by atomic mass is 32.5. The van der Waals surface area contributed by atoms with Gasteiger partial charge in [0.15, 0.2) is 41.6 Å². The Morgan fingerprint density at radius 2 is 1.79 bits per heavy atom. The lowest BCUT2D eigenvalue weighted by Crippen LogP contribution is -2.39. The van der Waals surface area contributed by atoms with Gasteiger partial charge in [0.2, 0.25) is 7.57 Å². The first-order chi connectivity index (χ1) is 22.3. The van der Waals surface area contributed by atoms with E-state index in [2.05, 4.69) is 19.9 Å². The van der Waals surface area contributed by atoms with Crippen LogP contribution in [-0.4, -0.2) is 103 Å². The number of methoxy groups -OCH3 is 1. The van der Waals surface area contributed by atoms with Crippen LogP contribution < -0.4 is 11.3 Å². The fourth-order valence-corrected chi connectivity index (χ4v) is 8.23. The summed E-state index contributed by atoms with van der Waals surface area (Å²) in [7, 11) is 4.14. The molecule has 250 valence electrons. The predicted octanol–water partition coefficient (Wildman–Crippen LogP) is 0.755. The third kappa shape index (κ3) is 5.74. The minimum atomic E-state index is -4.52. The molecule has 3 N–H and O–H groups in total. The number of hydrogen-bond acceptors (Lipinski definition) is 15. The summed E-state index contributed by atoms with van der Waals surface area (Å²) >= 11 is 5.21. The molecule has 0 spiro atoms. The molecule has 4 unspecified atom stereocenters. The zero-order chi connectivity index (χ0) is 33.4. The SMILES string of the molecule is [B]P1(=O)OC[C@H]2O[C@@H](n3cnc4c(N)ncnc43)C(F)[C@H]2OP(O)(=S)OC[C@H]2O[C@@H](n3cc(F)c4c(=O)n(C)cnc43)[C@@H](OC)C2O1. The molecular weight excluding hydrogens is 691 g/mol. The molecule has 10 atom stereocenters. The van der Waals surface area contributed by atoms with Crippen LogP contribution in [0.4, 0.5) is 14.6 Å². The van der Waals surface area contributed by atoms with E-state index in [4.69, 9.17) is 57.4 Å². The standard InChI is InChI=1S/C23H25BF2N8O10P2S/c1-32-7-31-19-12(21(32)35)9(25)3-33(19)23-17(38-2)16-11(42-23)5-40-46(37,47)44-15-10(4-39-45(24,36)43-16)41-22(13(15)26)34-8-30-14-18(27)28-6-29-20(14)34/h3,6-8,10-11,13,15-17,22-23H,4-5H2,1-2H3,(H,37,47)(H2,27,28,29)/t10-,11-,13?,15+,16?,17+,22-,23-,45?,46?/m1/s1. The molecule has 0 aliphatic carbocycles. The number of imidazole rings is 1. The first-order valence-corrected chi connectivity index (χ1v) is 18.0. The predicted molar refractivity (Wildman–Crippen MR) is 160 cm³/mol. The number of anilines is 1. The summed E-state index contributed by atoms with van der Waals surface area (Å²) in [6, 6.07) is 0. The molecule has 0 saturated carbocycles. The van der Waals surface area contributed by atoms with E-state index in [1.54, 1.807) is 0 Å². The number of alkyl halides is 1. The van der Waals surface area contributed by atoms with Crippen LogP contribution in [0.25, 0.3) is 22.2 Å². The lowest BCUT2D eigenvalue weighted by molar-refractivity contribution is -0.0601. The van der Waals surface area contributed by atoms with Gasteiger partial charge in [0.05, 0.1) is 25.9 Å². The van der Waals surface area contributed by atoms with E-state index in [0.29, 0.717) is 0 Å². The Morgan fingerprint density at radius 1 is 1.06 bits per heavy atom. The third-order valence-electron chi connectivity index (χ3n) is 7.95. The van der Waals surface area contributed by atoms with E-state index in [1.165, 1.54) is 35.9 Å². The summed E-state index contributed by atoms with van der Waals surface area (Å²) in [5.41, 5.74) is 5.46. The van der Waals surface area contributed by atoms with Crippen molar-refractivity contribution in [1.82, 2.24) is 33.6 Å². The number of halogens is 2. The molecule has 3 saturated heterocycles. The van der Waals surface area contributed by atoms with Crippen LogP contribution in [0.5, 0.6) is 0 Å². The van der Waals surface area contributed by atoms with Gasteiger partial charge in [-0.1, -0.05) is 0 Å².